The molecule has 0 saturated heterocycles. The molecule has 0 amide bonds. The van der Waals surface area contributed by atoms with E-state index >= 15 is 0 Å². The van der Waals surface area contributed by atoms with E-state index in [4.69, 9.17) is 11.6 Å². The summed E-state index contributed by atoms with van der Waals surface area (Å²) >= 11 is 6.45. The van der Waals surface area contributed by atoms with E-state index in [1.807, 2.05) is 7.05 Å². The quantitative estimate of drug-likeness (QED) is 0.876. The second-order valence-corrected chi connectivity index (χ2v) is 7.11. The van der Waals surface area contributed by atoms with Gasteiger partial charge in [0.15, 0.2) is 0 Å². The number of halogens is 1. The Hall–Kier alpha value is -0.580. The molecule has 0 bridgehead atoms. The fourth-order valence-corrected chi connectivity index (χ4v) is 3.79. The van der Waals surface area contributed by atoms with Crippen molar-refractivity contribution in [1.29, 1.82) is 0 Å². The molecule has 1 aromatic heterocycles. The van der Waals surface area contributed by atoms with Crippen LogP contribution in [0.2, 0.25) is 5.02 Å². The predicted molar refractivity (Wildman–Crippen MR) is 88.7 cm³/mol. The lowest BCUT2D eigenvalue weighted by Gasteiger charge is -2.33. The lowest BCUT2D eigenvalue weighted by molar-refractivity contribution is 0.221. The minimum absolute atomic E-state index is 0.310. The van der Waals surface area contributed by atoms with E-state index in [1.165, 1.54) is 31.4 Å². The molecule has 0 spiro atoms. The summed E-state index contributed by atoms with van der Waals surface area (Å²) in [5, 5.41) is 8.79. The van der Waals surface area contributed by atoms with Crippen molar-refractivity contribution < 1.29 is 0 Å². The lowest BCUT2D eigenvalue weighted by atomic mass is 9.77. The predicted octanol–water partition coefficient (Wildman–Crippen LogP) is 3.18. The third-order valence-electron chi connectivity index (χ3n) is 4.65. The molecule has 120 valence electrons. The van der Waals surface area contributed by atoms with Gasteiger partial charge >= 0.3 is 0 Å². The van der Waals surface area contributed by atoms with Gasteiger partial charge in [-0.3, -0.25) is 4.68 Å². The molecular formula is C16H29ClN4. The molecule has 1 aromatic rings. The van der Waals surface area contributed by atoms with Crippen LogP contribution in [0.25, 0.3) is 0 Å². The van der Waals surface area contributed by atoms with Crippen molar-refractivity contribution in [3.05, 3.63) is 16.9 Å². The van der Waals surface area contributed by atoms with Gasteiger partial charge in [0.05, 0.1) is 29.5 Å². The molecule has 3 atom stereocenters. The Kier molecular flexibility index (Phi) is 6.08. The third-order valence-corrected chi connectivity index (χ3v) is 4.94. The van der Waals surface area contributed by atoms with Gasteiger partial charge in [0.2, 0.25) is 0 Å². The molecule has 1 fully saturated rings. The molecule has 21 heavy (non-hydrogen) atoms. The van der Waals surface area contributed by atoms with Gasteiger partial charge in [-0.15, -0.1) is 0 Å². The summed E-state index contributed by atoms with van der Waals surface area (Å²) in [4.78, 5) is 2.18. The highest BCUT2D eigenvalue weighted by Gasteiger charge is 2.30. The van der Waals surface area contributed by atoms with Crippen LogP contribution in [0.5, 0.6) is 0 Å². The highest BCUT2D eigenvalue weighted by molar-refractivity contribution is 6.31. The van der Waals surface area contributed by atoms with Crippen LogP contribution in [0.1, 0.15) is 44.3 Å². The average molecular weight is 313 g/mol. The summed E-state index contributed by atoms with van der Waals surface area (Å²) in [5.41, 5.74) is 1.17. The number of nitrogens with zero attached hydrogens (tertiary/aromatic N) is 3. The van der Waals surface area contributed by atoms with Crippen LogP contribution in [0, 0.1) is 11.8 Å². The zero-order chi connectivity index (χ0) is 15.4. The van der Waals surface area contributed by atoms with Crippen molar-refractivity contribution in [2.24, 2.45) is 11.8 Å². The van der Waals surface area contributed by atoms with Crippen LogP contribution in [0.3, 0.4) is 0 Å². The van der Waals surface area contributed by atoms with Crippen molar-refractivity contribution >= 4 is 11.6 Å². The first-order chi connectivity index (χ1) is 10.0. The third kappa shape index (κ3) is 4.21. The van der Waals surface area contributed by atoms with Crippen molar-refractivity contribution in [2.75, 3.05) is 27.7 Å². The molecule has 1 aliphatic rings. The summed E-state index contributed by atoms with van der Waals surface area (Å²) in [7, 11) is 6.22. The van der Waals surface area contributed by atoms with E-state index in [2.05, 4.69) is 41.0 Å². The smallest absolute Gasteiger partial charge is 0.0834 e. The highest BCUT2D eigenvalue weighted by atomic mass is 35.5. The average Bonchev–Trinajstić information content (AvgIpc) is 2.79. The van der Waals surface area contributed by atoms with Crippen LogP contribution in [-0.2, 0) is 6.54 Å². The standard InChI is InChI=1S/C16H29ClN4/c1-12-6-5-7-13(10-12)15(18-2)16-14(17)11-19-21(16)9-8-20(3)4/h11-13,15,18H,5-10H2,1-4H3. The van der Waals surface area contributed by atoms with Crippen LogP contribution in [0.15, 0.2) is 6.20 Å². The molecule has 3 unspecified atom stereocenters. The summed E-state index contributed by atoms with van der Waals surface area (Å²) in [5.74, 6) is 1.47. The summed E-state index contributed by atoms with van der Waals surface area (Å²) in [6, 6.07) is 0.310. The van der Waals surface area contributed by atoms with E-state index in [9.17, 15) is 0 Å². The second kappa shape index (κ2) is 7.61. The Morgan fingerprint density at radius 2 is 2.24 bits per heavy atom. The van der Waals surface area contributed by atoms with Crippen molar-refractivity contribution in [3.8, 4) is 0 Å². The first kappa shape index (κ1) is 16.8. The van der Waals surface area contributed by atoms with Gasteiger partial charge in [0, 0.05) is 6.54 Å². The molecular weight excluding hydrogens is 284 g/mol. The topological polar surface area (TPSA) is 33.1 Å². The van der Waals surface area contributed by atoms with Gasteiger partial charge in [-0.25, -0.2) is 0 Å². The van der Waals surface area contributed by atoms with E-state index in [1.54, 1.807) is 6.20 Å². The molecule has 1 N–H and O–H groups in total. The Labute approximate surface area is 133 Å². The van der Waals surface area contributed by atoms with Crippen molar-refractivity contribution in [3.63, 3.8) is 0 Å². The molecule has 0 aromatic carbocycles. The van der Waals surface area contributed by atoms with E-state index in [0.717, 1.165) is 24.0 Å². The normalized spacial score (nSPS) is 24.5. The summed E-state index contributed by atoms with van der Waals surface area (Å²) in [6.07, 6.45) is 7.04. The first-order valence-electron chi connectivity index (χ1n) is 8.06. The Morgan fingerprint density at radius 3 is 2.86 bits per heavy atom. The maximum atomic E-state index is 6.45. The second-order valence-electron chi connectivity index (χ2n) is 6.70. The largest absolute Gasteiger partial charge is 0.311 e. The number of aromatic nitrogens is 2. The van der Waals surface area contributed by atoms with Crippen LogP contribution in [-0.4, -0.2) is 42.4 Å². The Morgan fingerprint density at radius 1 is 1.48 bits per heavy atom. The molecule has 2 rings (SSSR count). The minimum atomic E-state index is 0.310. The highest BCUT2D eigenvalue weighted by Crippen LogP contribution is 2.38. The van der Waals surface area contributed by atoms with Gasteiger partial charge in [-0.05, 0) is 45.8 Å². The molecule has 1 aliphatic carbocycles. The lowest BCUT2D eigenvalue weighted by Crippen LogP contribution is -2.32. The zero-order valence-electron chi connectivity index (χ0n) is 13.8. The molecule has 4 nitrogen and oxygen atoms in total. The van der Waals surface area contributed by atoms with E-state index in [-0.39, 0.29) is 0 Å². The van der Waals surface area contributed by atoms with Gasteiger partial charge in [0.25, 0.3) is 0 Å². The molecule has 1 saturated carbocycles. The first-order valence-corrected chi connectivity index (χ1v) is 8.44. The number of rotatable bonds is 6. The zero-order valence-corrected chi connectivity index (χ0v) is 14.5. The summed E-state index contributed by atoms with van der Waals surface area (Å²) < 4.78 is 2.09. The number of likely N-dealkylation sites (N-methyl/N-ethyl adjacent to an activating group) is 1. The van der Waals surface area contributed by atoms with Gasteiger partial charge in [-0.2, -0.15) is 5.10 Å². The maximum absolute atomic E-state index is 6.45. The molecule has 1 heterocycles. The Bertz CT molecular complexity index is 443. The maximum Gasteiger partial charge on any atom is 0.0834 e. The van der Waals surface area contributed by atoms with Crippen LogP contribution < -0.4 is 5.32 Å². The van der Waals surface area contributed by atoms with Gasteiger partial charge in [-0.1, -0.05) is 31.4 Å². The van der Waals surface area contributed by atoms with E-state index in [0.29, 0.717) is 12.0 Å². The fraction of sp³-hybridized carbons (Fsp3) is 0.812. The summed E-state index contributed by atoms with van der Waals surface area (Å²) in [6.45, 7) is 4.22. The van der Waals surface area contributed by atoms with Crippen molar-refractivity contribution in [1.82, 2.24) is 20.0 Å². The Balaban J connectivity index is 2.18. The SMILES string of the molecule is CNC(c1c(Cl)cnn1CCN(C)C)C1CCCC(C)C1. The fourth-order valence-electron chi connectivity index (χ4n) is 3.53. The minimum Gasteiger partial charge on any atom is -0.311 e. The van der Waals surface area contributed by atoms with Gasteiger partial charge < -0.3 is 10.2 Å². The van der Waals surface area contributed by atoms with E-state index < -0.39 is 0 Å². The van der Waals surface area contributed by atoms with Crippen LogP contribution in [0.4, 0.5) is 0 Å². The van der Waals surface area contributed by atoms with Gasteiger partial charge in [0.1, 0.15) is 0 Å². The number of hydrogen-bond donors (Lipinski definition) is 1. The molecule has 0 radical (unpaired) electrons. The molecule has 0 aliphatic heterocycles. The number of hydrogen-bond acceptors (Lipinski definition) is 3. The molecule has 5 heteroatoms. The number of nitrogens with one attached hydrogen (secondary N) is 1. The monoisotopic (exact) mass is 312 g/mol. The van der Waals surface area contributed by atoms with Crippen LogP contribution >= 0.6 is 11.6 Å². The van der Waals surface area contributed by atoms with Crippen molar-refractivity contribution in [2.45, 2.75) is 45.2 Å².